The molecule has 0 unspecified atom stereocenters. The van der Waals surface area contributed by atoms with Crippen molar-refractivity contribution in [3.63, 3.8) is 0 Å². The van der Waals surface area contributed by atoms with Crippen molar-refractivity contribution in [3.8, 4) is 5.75 Å². The van der Waals surface area contributed by atoms with Gasteiger partial charge in [-0.25, -0.2) is 0 Å². The second-order valence-corrected chi connectivity index (χ2v) is 9.10. The number of phenolic OH excluding ortho intramolecular Hbond substituents is 1. The van der Waals surface area contributed by atoms with Gasteiger partial charge in [0.2, 0.25) is 0 Å². The van der Waals surface area contributed by atoms with Crippen LogP contribution >= 0.6 is 0 Å². The van der Waals surface area contributed by atoms with Gasteiger partial charge >= 0.3 is 0 Å². The van der Waals surface area contributed by atoms with Gasteiger partial charge in [-0.15, -0.1) is 0 Å². The number of para-hydroxylation sites is 1. The summed E-state index contributed by atoms with van der Waals surface area (Å²) in [4.78, 5) is 16.8. The van der Waals surface area contributed by atoms with Gasteiger partial charge in [0.15, 0.2) is 6.54 Å². The van der Waals surface area contributed by atoms with Gasteiger partial charge in [0.25, 0.3) is 5.91 Å². The Balaban J connectivity index is 1.34. The third-order valence-electron chi connectivity index (χ3n) is 6.93. The largest absolute Gasteiger partial charge is 0.508 e. The van der Waals surface area contributed by atoms with Gasteiger partial charge in [0, 0.05) is 17.1 Å². The fourth-order valence-corrected chi connectivity index (χ4v) is 5.21. The fraction of sp³-hybridized carbons (Fsp3) is 0.480. The number of piperazine rings is 1. The zero-order valence-electron chi connectivity index (χ0n) is 17.9. The van der Waals surface area contributed by atoms with Gasteiger partial charge < -0.3 is 20.2 Å². The van der Waals surface area contributed by atoms with Gasteiger partial charge in [-0.05, 0) is 49.6 Å². The van der Waals surface area contributed by atoms with Crippen LogP contribution in [0.2, 0.25) is 0 Å². The topological polar surface area (TPSA) is 57.0 Å². The lowest BCUT2D eigenvalue weighted by molar-refractivity contribution is -0.892. The van der Waals surface area contributed by atoms with E-state index < -0.39 is 0 Å². The van der Waals surface area contributed by atoms with Crippen molar-refractivity contribution in [2.75, 3.05) is 37.6 Å². The summed E-state index contributed by atoms with van der Waals surface area (Å²) < 4.78 is 0. The molecule has 1 heterocycles. The average Bonchev–Trinajstić information content (AvgIpc) is 2.76. The number of nitrogens with one attached hydrogen (secondary N) is 2. The Morgan fingerprint density at radius 3 is 2.50 bits per heavy atom. The Hall–Kier alpha value is -2.53. The number of nitrogens with zero attached hydrogens (tertiary/aromatic N) is 1. The van der Waals surface area contributed by atoms with E-state index in [1.165, 1.54) is 22.6 Å². The van der Waals surface area contributed by atoms with Crippen molar-refractivity contribution >= 4 is 11.6 Å². The molecule has 1 amide bonds. The summed E-state index contributed by atoms with van der Waals surface area (Å²) in [6.07, 6.45) is 4.41. The SMILES string of the molecule is C[C@@]1(NC(=O)C[NH+]2CCN(c3ccccc3)CC2)CCCC[C@@H]1c1ccc(O)cc1. The van der Waals surface area contributed by atoms with Gasteiger partial charge in [-0.3, -0.25) is 4.79 Å². The highest BCUT2D eigenvalue weighted by Crippen LogP contribution is 2.41. The monoisotopic (exact) mass is 408 g/mol. The molecule has 2 aromatic carbocycles. The Bertz CT molecular complexity index is 831. The highest BCUT2D eigenvalue weighted by molar-refractivity contribution is 5.78. The first-order chi connectivity index (χ1) is 14.5. The standard InChI is InChI=1S/C25H33N3O2/c1-25(14-6-5-9-23(25)20-10-12-22(29)13-11-20)26-24(30)19-27-15-17-28(18-16-27)21-7-3-2-4-8-21/h2-4,7-8,10-13,23,29H,5-6,9,14-19H2,1H3,(H,26,30)/p+1/t23-,25-/m1/s1. The van der Waals surface area contributed by atoms with Crippen LogP contribution in [0.25, 0.3) is 0 Å². The molecule has 1 saturated heterocycles. The Labute approximate surface area is 179 Å². The third-order valence-corrected chi connectivity index (χ3v) is 6.93. The highest BCUT2D eigenvalue weighted by Gasteiger charge is 2.39. The summed E-state index contributed by atoms with van der Waals surface area (Å²) in [7, 11) is 0. The van der Waals surface area contributed by atoms with Crippen LogP contribution in [0, 0.1) is 0 Å². The maximum absolute atomic E-state index is 13.0. The fourth-order valence-electron chi connectivity index (χ4n) is 5.21. The number of hydrogen-bond donors (Lipinski definition) is 3. The van der Waals surface area contributed by atoms with Crippen molar-refractivity contribution < 1.29 is 14.8 Å². The quantitative estimate of drug-likeness (QED) is 0.712. The molecule has 4 rings (SSSR count). The third kappa shape index (κ3) is 4.78. The van der Waals surface area contributed by atoms with Crippen molar-refractivity contribution in [2.45, 2.75) is 44.1 Å². The molecule has 30 heavy (non-hydrogen) atoms. The molecule has 2 fully saturated rings. The normalized spacial score (nSPS) is 25.1. The maximum atomic E-state index is 13.0. The summed E-state index contributed by atoms with van der Waals surface area (Å²) in [6.45, 7) is 6.69. The van der Waals surface area contributed by atoms with Crippen LogP contribution in [0.1, 0.15) is 44.1 Å². The first-order valence-electron chi connectivity index (χ1n) is 11.3. The number of aromatic hydroxyl groups is 1. The molecule has 2 aliphatic rings. The molecule has 160 valence electrons. The van der Waals surface area contributed by atoms with Gasteiger partial charge in [-0.2, -0.15) is 0 Å². The Morgan fingerprint density at radius 1 is 1.10 bits per heavy atom. The molecule has 1 aliphatic carbocycles. The average molecular weight is 409 g/mol. The summed E-state index contributed by atoms with van der Waals surface area (Å²) in [5.41, 5.74) is 2.25. The van der Waals surface area contributed by atoms with E-state index >= 15 is 0 Å². The maximum Gasteiger partial charge on any atom is 0.275 e. The number of benzene rings is 2. The summed E-state index contributed by atoms with van der Waals surface area (Å²) in [5, 5.41) is 13.0. The zero-order valence-corrected chi connectivity index (χ0v) is 17.9. The minimum Gasteiger partial charge on any atom is -0.508 e. The lowest BCUT2D eigenvalue weighted by atomic mass is 9.70. The van der Waals surface area contributed by atoms with E-state index in [-0.39, 0.29) is 11.4 Å². The predicted octanol–water partition coefficient (Wildman–Crippen LogP) is 2.33. The number of anilines is 1. The highest BCUT2D eigenvalue weighted by atomic mass is 16.3. The first kappa shape index (κ1) is 20.7. The predicted molar refractivity (Wildman–Crippen MR) is 120 cm³/mol. The lowest BCUT2D eigenvalue weighted by Gasteiger charge is -2.43. The van der Waals surface area contributed by atoms with E-state index in [0.29, 0.717) is 18.2 Å². The molecule has 0 aromatic heterocycles. The molecule has 5 nitrogen and oxygen atoms in total. The second kappa shape index (κ2) is 9.09. The van der Waals surface area contributed by atoms with Crippen LogP contribution in [0.4, 0.5) is 5.69 Å². The Morgan fingerprint density at radius 2 is 1.80 bits per heavy atom. The van der Waals surface area contributed by atoms with E-state index in [4.69, 9.17) is 0 Å². The number of carbonyl (C=O) groups excluding carboxylic acids is 1. The number of carbonyl (C=O) groups is 1. The van der Waals surface area contributed by atoms with Crippen LogP contribution in [0.15, 0.2) is 54.6 Å². The van der Waals surface area contributed by atoms with Crippen LogP contribution in [-0.4, -0.2) is 49.3 Å². The molecule has 2 atom stereocenters. The van der Waals surface area contributed by atoms with E-state index in [9.17, 15) is 9.90 Å². The number of rotatable bonds is 5. The molecule has 0 spiro atoms. The van der Waals surface area contributed by atoms with Crippen molar-refractivity contribution in [2.24, 2.45) is 0 Å². The molecular formula is C25H34N3O2+. The molecule has 1 aliphatic heterocycles. The molecule has 2 aromatic rings. The number of quaternary nitrogens is 1. The van der Waals surface area contributed by atoms with Crippen molar-refractivity contribution in [3.05, 3.63) is 60.2 Å². The summed E-state index contributed by atoms with van der Waals surface area (Å²) >= 11 is 0. The summed E-state index contributed by atoms with van der Waals surface area (Å²) in [6, 6.07) is 18.0. The molecule has 0 radical (unpaired) electrons. The van der Waals surface area contributed by atoms with Gasteiger partial charge in [-0.1, -0.05) is 43.2 Å². The minimum atomic E-state index is -0.225. The molecule has 0 bridgehead atoms. The second-order valence-electron chi connectivity index (χ2n) is 9.10. The van der Waals surface area contributed by atoms with E-state index in [2.05, 4.69) is 41.4 Å². The minimum absolute atomic E-state index is 0.159. The van der Waals surface area contributed by atoms with Gasteiger partial charge in [0.05, 0.1) is 26.2 Å². The van der Waals surface area contributed by atoms with Crippen LogP contribution in [0.3, 0.4) is 0 Å². The van der Waals surface area contributed by atoms with Gasteiger partial charge in [0.1, 0.15) is 5.75 Å². The van der Waals surface area contributed by atoms with Crippen molar-refractivity contribution in [1.82, 2.24) is 5.32 Å². The molecular weight excluding hydrogens is 374 g/mol. The number of phenols is 1. The molecule has 5 heteroatoms. The van der Waals surface area contributed by atoms with E-state index in [0.717, 1.165) is 45.4 Å². The van der Waals surface area contributed by atoms with Crippen molar-refractivity contribution in [1.29, 1.82) is 0 Å². The number of amides is 1. The summed E-state index contributed by atoms with van der Waals surface area (Å²) in [5.74, 6) is 0.741. The van der Waals surface area contributed by atoms with E-state index in [1.54, 1.807) is 12.1 Å². The molecule has 3 N–H and O–H groups in total. The number of hydrogen-bond acceptors (Lipinski definition) is 3. The van der Waals surface area contributed by atoms with E-state index in [1.807, 2.05) is 18.2 Å². The van der Waals surface area contributed by atoms with Crippen LogP contribution < -0.4 is 15.1 Å². The molecule has 1 saturated carbocycles. The lowest BCUT2D eigenvalue weighted by Crippen LogP contribution is -3.16. The Kier molecular flexibility index (Phi) is 6.28. The smallest absolute Gasteiger partial charge is 0.275 e. The van der Waals surface area contributed by atoms with Crippen LogP contribution in [-0.2, 0) is 4.79 Å². The first-order valence-corrected chi connectivity index (χ1v) is 11.3. The van der Waals surface area contributed by atoms with Crippen LogP contribution in [0.5, 0.6) is 5.75 Å². The zero-order chi connectivity index (χ0) is 21.0.